The fourth-order valence-corrected chi connectivity index (χ4v) is 1.09. The fourth-order valence-electron chi connectivity index (χ4n) is 1.09. The molecule has 0 N–H and O–H groups in total. The first-order valence-corrected chi connectivity index (χ1v) is 3.84. The first-order valence-electron chi connectivity index (χ1n) is 3.84. The van der Waals surface area contributed by atoms with Crippen molar-refractivity contribution in [2.24, 2.45) is 4.99 Å². The molecule has 54 valence electrons. The Kier molecular flexibility index (Phi) is 1.46. The molecule has 0 spiro atoms. The zero-order chi connectivity index (χ0) is 6.81. The van der Waals surface area contributed by atoms with Gasteiger partial charge < -0.3 is 4.74 Å². The van der Waals surface area contributed by atoms with E-state index in [0.717, 1.165) is 12.3 Å². The van der Waals surface area contributed by atoms with E-state index in [1.807, 2.05) is 12.3 Å². The summed E-state index contributed by atoms with van der Waals surface area (Å²) in [5, 5.41) is 0. The highest BCUT2D eigenvalue weighted by Gasteiger charge is 2.19. The summed E-state index contributed by atoms with van der Waals surface area (Å²) in [5.41, 5.74) is 0. The van der Waals surface area contributed by atoms with Crippen molar-refractivity contribution in [1.82, 2.24) is 0 Å². The van der Waals surface area contributed by atoms with Crippen LogP contribution >= 0.6 is 0 Å². The molecule has 0 aromatic carbocycles. The molecule has 1 saturated carbocycles. The van der Waals surface area contributed by atoms with Crippen molar-refractivity contribution in [1.29, 1.82) is 0 Å². The van der Waals surface area contributed by atoms with E-state index >= 15 is 0 Å². The van der Waals surface area contributed by atoms with Gasteiger partial charge >= 0.3 is 0 Å². The largest absolute Gasteiger partial charge is 0.475 e. The van der Waals surface area contributed by atoms with Crippen molar-refractivity contribution >= 4 is 6.21 Å². The molecular weight excluding hydrogens is 126 g/mol. The number of hydrogen-bond donors (Lipinski definition) is 0. The van der Waals surface area contributed by atoms with Crippen LogP contribution in [0.1, 0.15) is 25.7 Å². The molecule has 1 aliphatic carbocycles. The van der Waals surface area contributed by atoms with E-state index in [-0.39, 0.29) is 0 Å². The van der Waals surface area contributed by atoms with Crippen LogP contribution in [0.3, 0.4) is 0 Å². The van der Waals surface area contributed by atoms with Gasteiger partial charge in [0.05, 0.1) is 0 Å². The highest BCUT2D eigenvalue weighted by molar-refractivity contribution is 5.63. The Morgan fingerprint density at radius 2 is 2.40 bits per heavy atom. The Morgan fingerprint density at radius 1 is 1.50 bits per heavy atom. The van der Waals surface area contributed by atoms with E-state index in [1.165, 1.54) is 19.3 Å². The topological polar surface area (TPSA) is 21.6 Å². The quantitative estimate of drug-likeness (QED) is 0.569. The smallest absolute Gasteiger partial charge is 0.209 e. The lowest BCUT2D eigenvalue weighted by molar-refractivity contribution is 0.0518. The Labute approximate surface area is 60.6 Å². The maximum absolute atomic E-state index is 5.51. The molecule has 2 nitrogen and oxygen atoms in total. The first kappa shape index (κ1) is 5.96. The highest BCUT2D eigenvalue weighted by atomic mass is 16.5. The Bertz CT molecular complexity index is 180. The predicted molar refractivity (Wildman–Crippen MR) is 39.9 cm³/mol. The lowest BCUT2D eigenvalue weighted by Crippen LogP contribution is -2.20. The van der Waals surface area contributed by atoms with E-state index in [1.54, 1.807) is 0 Å². The molecule has 2 aliphatic rings. The van der Waals surface area contributed by atoms with Crippen LogP contribution < -0.4 is 0 Å². The van der Waals surface area contributed by atoms with Crippen LogP contribution in [0, 0.1) is 0 Å². The van der Waals surface area contributed by atoms with Crippen LogP contribution in [0.25, 0.3) is 0 Å². The molecule has 10 heavy (non-hydrogen) atoms. The van der Waals surface area contributed by atoms with Gasteiger partial charge in [0.25, 0.3) is 0 Å². The minimum Gasteiger partial charge on any atom is -0.475 e. The average Bonchev–Trinajstić information content (AvgIpc) is 2.29. The van der Waals surface area contributed by atoms with E-state index in [2.05, 4.69) is 4.99 Å². The molecule has 0 bridgehead atoms. The number of aliphatic imine (C=N–C) groups is 1. The van der Waals surface area contributed by atoms with Crippen molar-refractivity contribution in [3.8, 4) is 0 Å². The minimum atomic E-state index is 0.474. The van der Waals surface area contributed by atoms with E-state index in [9.17, 15) is 0 Å². The summed E-state index contributed by atoms with van der Waals surface area (Å²) < 4.78 is 5.51. The van der Waals surface area contributed by atoms with Gasteiger partial charge in [-0.2, -0.15) is 0 Å². The summed E-state index contributed by atoms with van der Waals surface area (Å²) in [6.07, 6.45) is 9.08. The van der Waals surface area contributed by atoms with E-state index in [0.29, 0.717) is 6.10 Å². The van der Waals surface area contributed by atoms with Gasteiger partial charge in [0.15, 0.2) is 0 Å². The molecule has 0 saturated heterocycles. The van der Waals surface area contributed by atoms with Gasteiger partial charge in [-0.15, -0.1) is 0 Å². The van der Waals surface area contributed by atoms with Gasteiger partial charge in [-0.1, -0.05) is 0 Å². The Balaban J connectivity index is 1.83. The normalized spacial score (nSPS) is 24.2. The standard InChI is InChI=1S/C8H11NO/c1-3-7(4-1)10-8-5-2-6-9-8/h5-7H,1-4H2. The molecule has 2 rings (SSSR count). The fraction of sp³-hybridized carbons (Fsp3) is 0.625. The molecule has 0 unspecified atom stereocenters. The van der Waals surface area contributed by atoms with Crippen LogP contribution in [-0.2, 0) is 4.74 Å². The summed E-state index contributed by atoms with van der Waals surface area (Å²) in [4.78, 5) is 4.07. The third-order valence-electron chi connectivity index (χ3n) is 1.96. The molecule has 1 aliphatic heterocycles. The second kappa shape index (κ2) is 2.45. The molecule has 0 aromatic heterocycles. The number of ether oxygens (including phenoxy) is 1. The van der Waals surface area contributed by atoms with Crippen molar-refractivity contribution < 1.29 is 4.74 Å². The van der Waals surface area contributed by atoms with Crippen LogP contribution in [0.5, 0.6) is 0 Å². The number of nitrogens with zero attached hydrogens (tertiary/aromatic N) is 1. The van der Waals surface area contributed by atoms with Gasteiger partial charge in [0.2, 0.25) is 5.88 Å². The number of allylic oxidation sites excluding steroid dienone is 1. The summed E-state index contributed by atoms with van der Waals surface area (Å²) >= 11 is 0. The molecule has 1 heterocycles. The van der Waals surface area contributed by atoms with Crippen molar-refractivity contribution in [3.05, 3.63) is 12.0 Å². The third kappa shape index (κ3) is 1.06. The highest BCUT2D eigenvalue weighted by Crippen LogP contribution is 2.25. The zero-order valence-electron chi connectivity index (χ0n) is 5.92. The molecule has 0 radical (unpaired) electrons. The van der Waals surface area contributed by atoms with Crippen LogP contribution in [0.15, 0.2) is 17.0 Å². The molecule has 0 atom stereocenters. The lowest BCUT2D eigenvalue weighted by atomic mass is 9.96. The maximum atomic E-state index is 5.51. The van der Waals surface area contributed by atoms with E-state index in [4.69, 9.17) is 4.74 Å². The zero-order valence-corrected chi connectivity index (χ0v) is 5.92. The maximum Gasteiger partial charge on any atom is 0.209 e. The average molecular weight is 137 g/mol. The van der Waals surface area contributed by atoms with Crippen LogP contribution in [0.2, 0.25) is 0 Å². The van der Waals surface area contributed by atoms with Crippen molar-refractivity contribution in [3.63, 3.8) is 0 Å². The summed E-state index contributed by atoms with van der Waals surface area (Å²) in [6.45, 7) is 0. The van der Waals surface area contributed by atoms with Gasteiger partial charge in [0.1, 0.15) is 6.10 Å². The minimum absolute atomic E-state index is 0.474. The SMILES string of the molecule is C1=NC(OC2CCC2)=CC1. The molecule has 1 fully saturated rings. The second-order valence-corrected chi connectivity index (χ2v) is 2.76. The summed E-state index contributed by atoms with van der Waals surface area (Å²) in [7, 11) is 0. The molecular formula is C8H11NO. The second-order valence-electron chi connectivity index (χ2n) is 2.76. The summed E-state index contributed by atoms with van der Waals surface area (Å²) in [6, 6.07) is 0. The van der Waals surface area contributed by atoms with Gasteiger partial charge in [-0.3, -0.25) is 0 Å². The van der Waals surface area contributed by atoms with Gasteiger partial charge in [-0.25, -0.2) is 4.99 Å². The Morgan fingerprint density at radius 3 is 2.90 bits per heavy atom. The predicted octanol–water partition coefficient (Wildman–Crippen LogP) is 1.87. The van der Waals surface area contributed by atoms with E-state index < -0.39 is 0 Å². The number of rotatable bonds is 2. The molecule has 0 aromatic rings. The van der Waals surface area contributed by atoms with Crippen LogP contribution in [0.4, 0.5) is 0 Å². The van der Waals surface area contributed by atoms with Gasteiger partial charge in [-0.05, 0) is 25.3 Å². The van der Waals surface area contributed by atoms with Crippen molar-refractivity contribution in [2.45, 2.75) is 31.8 Å². The van der Waals surface area contributed by atoms with Crippen molar-refractivity contribution in [2.75, 3.05) is 0 Å². The first-order chi connectivity index (χ1) is 4.95. The Hall–Kier alpha value is -0.790. The monoisotopic (exact) mass is 137 g/mol. The summed E-state index contributed by atoms with van der Waals surface area (Å²) in [5.74, 6) is 0.838. The molecule has 2 heteroatoms. The lowest BCUT2D eigenvalue weighted by Gasteiger charge is -2.25. The van der Waals surface area contributed by atoms with Gasteiger partial charge in [0, 0.05) is 12.6 Å². The number of hydrogen-bond acceptors (Lipinski definition) is 2. The molecule has 0 amide bonds. The van der Waals surface area contributed by atoms with Crippen LogP contribution in [-0.4, -0.2) is 12.3 Å². The third-order valence-corrected chi connectivity index (χ3v) is 1.96.